The standard InChI is InChI=1S/C25H20FN5O3.CH2F2/c26-19-3-1-2-18(24(19)33)21-10-22-25(30-29-21)27-11-16-9-17(12-31(16)22)34-23-7-5-15-8-14(13-32)4-6-20(15)28-23;2-1-3/h1-8,10,13,16-17,33H,9,11-12H2,(H,27,30);1H2. The van der Waals surface area contributed by atoms with Crippen LogP contribution in [0.1, 0.15) is 16.8 Å². The number of hydrogen-bond donors (Lipinski definition) is 2. The lowest BCUT2D eigenvalue weighted by molar-refractivity contribution is 0.112. The van der Waals surface area contributed by atoms with Crippen LogP contribution in [-0.2, 0) is 0 Å². The molecule has 190 valence electrons. The highest BCUT2D eigenvalue weighted by molar-refractivity contribution is 5.87. The Morgan fingerprint density at radius 2 is 1.97 bits per heavy atom. The van der Waals surface area contributed by atoms with Crippen molar-refractivity contribution < 1.29 is 27.8 Å². The Morgan fingerprint density at radius 3 is 2.78 bits per heavy atom. The van der Waals surface area contributed by atoms with Crippen molar-refractivity contribution in [3.63, 3.8) is 0 Å². The summed E-state index contributed by atoms with van der Waals surface area (Å²) in [6, 6.07) is 15.4. The van der Waals surface area contributed by atoms with Crippen molar-refractivity contribution in [3.05, 3.63) is 66.0 Å². The Kier molecular flexibility index (Phi) is 6.76. The average Bonchev–Trinajstić information content (AvgIpc) is 3.33. The molecule has 2 unspecified atom stereocenters. The maximum atomic E-state index is 13.9. The molecule has 4 aromatic rings. The second kappa shape index (κ2) is 10.3. The van der Waals surface area contributed by atoms with Crippen molar-refractivity contribution in [2.24, 2.45) is 0 Å². The molecule has 2 atom stereocenters. The fourth-order valence-electron chi connectivity index (χ4n) is 4.68. The van der Waals surface area contributed by atoms with Crippen molar-refractivity contribution in [1.29, 1.82) is 0 Å². The molecule has 1 fully saturated rings. The maximum absolute atomic E-state index is 13.9. The summed E-state index contributed by atoms with van der Waals surface area (Å²) in [5, 5.41) is 22.8. The van der Waals surface area contributed by atoms with E-state index in [0.717, 1.165) is 29.3 Å². The monoisotopic (exact) mass is 509 g/mol. The maximum Gasteiger partial charge on any atom is 0.229 e. The molecule has 2 aromatic carbocycles. The molecule has 1 saturated heterocycles. The van der Waals surface area contributed by atoms with Gasteiger partial charge in [0.25, 0.3) is 0 Å². The number of phenols is 1. The van der Waals surface area contributed by atoms with E-state index in [1.807, 2.05) is 24.3 Å². The van der Waals surface area contributed by atoms with Crippen LogP contribution in [0.3, 0.4) is 0 Å². The number of benzene rings is 2. The smallest absolute Gasteiger partial charge is 0.229 e. The second-order valence-electron chi connectivity index (χ2n) is 8.58. The zero-order valence-electron chi connectivity index (χ0n) is 19.4. The number of aldehydes is 1. The zero-order chi connectivity index (χ0) is 25.9. The van der Waals surface area contributed by atoms with Gasteiger partial charge >= 0.3 is 0 Å². The highest BCUT2D eigenvalue weighted by atomic mass is 19.3. The number of aromatic hydroxyl groups is 1. The van der Waals surface area contributed by atoms with Crippen LogP contribution in [0, 0.1) is 5.82 Å². The Balaban J connectivity index is 0.000000892. The lowest BCUT2D eigenvalue weighted by atomic mass is 10.1. The number of alkyl halides is 2. The second-order valence-corrected chi connectivity index (χ2v) is 8.58. The van der Waals surface area contributed by atoms with Crippen molar-refractivity contribution >= 4 is 28.7 Å². The van der Waals surface area contributed by atoms with E-state index in [-0.39, 0.29) is 12.1 Å². The molecule has 0 aliphatic carbocycles. The molecule has 0 saturated carbocycles. The molecule has 2 aliphatic heterocycles. The molecule has 6 rings (SSSR count). The van der Waals surface area contributed by atoms with E-state index in [1.165, 1.54) is 12.1 Å². The first-order valence-electron chi connectivity index (χ1n) is 11.5. The summed E-state index contributed by atoms with van der Waals surface area (Å²) >= 11 is 0. The summed E-state index contributed by atoms with van der Waals surface area (Å²) in [5.74, 6) is 0.0317. The number of ether oxygens (including phenoxy) is 1. The molecule has 4 heterocycles. The third-order valence-electron chi connectivity index (χ3n) is 6.34. The molecular weight excluding hydrogens is 487 g/mol. The van der Waals surface area contributed by atoms with Crippen LogP contribution in [0.4, 0.5) is 24.7 Å². The van der Waals surface area contributed by atoms with E-state index in [2.05, 4.69) is 25.4 Å². The van der Waals surface area contributed by atoms with Crippen molar-refractivity contribution in [2.45, 2.75) is 18.6 Å². The number of nitrogens with zero attached hydrogens (tertiary/aromatic N) is 4. The van der Waals surface area contributed by atoms with Gasteiger partial charge in [0.05, 0.1) is 29.5 Å². The van der Waals surface area contributed by atoms with Gasteiger partial charge in [-0.25, -0.2) is 18.2 Å². The summed E-state index contributed by atoms with van der Waals surface area (Å²) in [5.41, 5.74) is 2.90. The number of phenolic OH excluding ortho intramolecular Hbond substituents is 1. The predicted octanol–water partition coefficient (Wildman–Crippen LogP) is 4.68. The topological polar surface area (TPSA) is 100 Å². The molecular formula is C26H22F3N5O3. The zero-order valence-corrected chi connectivity index (χ0v) is 19.4. The quantitative estimate of drug-likeness (QED) is 0.383. The summed E-state index contributed by atoms with van der Waals surface area (Å²) in [6.07, 6.45) is 1.52. The average molecular weight is 509 g/mol. The fourth-order valence-corrected chi connectivity index (χ4v) is 4.68. The number of hydrogen-bond acceptors (Lipinski definition) is 8. The molecule has 37 heavy (non-hydrogen) atoms. The van der Waals surface area contributed by atoms with Gasteiger partial charge in [-0.15, -0.1) is 10.2 Å². The number of pyridine rings is 1. The minimum Gasteiger partial charge on any atom is -0.504 e. The van der Waals surface area contributed by atoms with Gasteiger partial charge in [0.1, 0.15) is 12.4 Å². The first-order chi connectivity index (χ1) is 18.0. The van der Waals surface area contributed by atoms with Gasteiger partial charge in [-0.2, -0.15) is 0 Å². The highest BCUT2D eigenvalue weighted by Crippen LogP contribution is 2.39. The van der Waals surface area contributed by atoms with Gasteiger partial charge in [-0.1, -0.05) is 6.07 Å². The number of para-hydroxylation sites is 1. The van der Waals surface area contributed by atoms with Crippen molar-refractivity contribution in [2.75, 3.05) is 30.2 Å². The molecule has 11 heteroatoms. The number of carbonyl (C=O) groups is 1. The molecule has 2 N–H and O–H groups in total. The summed E-state index contributed by atoms with van der Waals surface area (Å²) < 4.78 is 39.3. The van der Waals surface area contributed by atoms with Crippen LogP contribution in [0.2, 0.25) is 0 Å². The van der Waals surface area contributed by atoms with Crippen LogP contribution in [0.15, 0.2) is 54.6 Å². The van der Waals surface area contributed by atoms with Crippen molar-refractivity contribution in [1.82, 2.24) is 15.2 Å². The number of halogens is 3. The minimum atomic E-state index is -1.75. The number of aromatic nitrogens is 3. The minimum absolute atomic E-state index is 0.0869. The molecule has 8 nitrogen and oxygen atoms in total. The fraction of sp³-hybridized carbons (Fsp3) is 0.231. The Bertz CT molecular complexity index is 1450. The Morgan fingerprint density at radius 1 is 1.14 bits per heavy atom. The first-order valence-corrected chi connectivity index (χ1v) is 11.5. The molecule has 2 aliphatic rings. The first kappa shape index (κ1) is 24.3. The summed E-state index contributed by atoms with van der Waals surface area (Å²) in [6.45, 7) is -0.421. The molecule has 0 amide bonds. The highest BCUT2D eigenvalue weighted by Gasteiger charge is 2.38. The van der Waals surface area contributed by atoms with Crippen molar-refractivity contribution in [3.8, 4) is 22.9 Å². The van der Waals surface area contributed by atoms with Gasteiger partial charge in [-0.3, -0.25) is 4.79 Å². The van der Waals surface area contributed by atoms with Crippen LogP contribution >= 0.6 is 0 Å². The van der Waals surface area contributed by atoms with E-state index in [0.29, 0.717) is 41.6 Å². The summed E-state index contributed by atoms with van der Waals surface area (Å²) in [4.78, 5) is 17.8. The van der Waals surface area contributed by atoms with E-state index in [1.54, 1.807) is 18.2 Å². The van der Waals surface area contributed by atoms with Crippen LogP contribution in [0.5, 0.6) is 11.6 Å². The third-order valence-corrected chi connectivity index (χ3v) is 6.34. The normalized spacial score (nSPS) is 17.8. The largest absolute Gasteiger partial charge is 0.504 e. The Hall–Kier alpha value is -4.41. The number of nitrogens with one attached hydrogen (secondary N) is 1. The number of carbonyl (C=O) groups excluding carboxylic acids is 1. The van der Waals surface area contributed by atoms with Crippen LogP contribution in [-0.4, -0.2) is 58.7 Å². The van der Waals surface area contributed by atoms with Gasteiger partial charge < -0.3 is 20.1 Å². The molecule has 0 radical (unpaired) electrons. The molecule has 0 bridgehead atoms. The lowest BCUT2D eigenvalue weighted by Crippen LogP contribution is -2.40. The number of anilines is 2. The van der Waals surface area contributed by atoms with Gasteiger partial charge in [0.2, 0.25) is 12.8 Å². The third kappa shape index (κ3) is 4.84. The van der Waals surface area contributed by atoms with Crippen LogP contribution < -0.4 is 15.0 Å². The SMILES string of the molecule is FCF.O=Cc1ccc2nc(OC3CC4CNc5nnc(-c6cccc(F)c6O)cc5N4C3)ccc2c1. The van der Waals surface area contributed by atoms with E-state index >= 15 is 0 Å². The van der Waals surface area contributed by atoms with E-state index in [9.17, 15) is 23.1 Å². The number of fused-ring (bicyclic) bond motifs is 4. The number of rotatable bonds is 4. The van der Waals surface area contributed by atoms with E-state index < -0.39 is 18.5 Å². The lowest BCUT2D eigenvalue weighted by Gasteiger charge is -2.33. The summed E-state index contributed by atoms with van der Waals surface area (Å²) in [7, 11) is 0. The van der Waals surface area contributed by atoms with Crippen LogP contribution in [0.25, 0.3) is 22.2 Å². The predicted molar refractivity (Wildman–Crippen MR) is 132 cm³/mol. The Labute approximate surface area is 209 Å². The van der Waals surface area contributed by atoms with Gasteiger partial charge in [-0.05, 0) is 42.5 Å². The van der Waals surface area contributed by atoms with Gasteiger partial charge in [0.15, 0.2) is 17.4 Å². The molecule has 0 spiro atoms. The van der Waals surface area contributed by atoms with Gasteiger partial charge in [0, 0.05) is 35.5 Å². The van der Waals surface area contributed by atoms with E-state index in [4.69, 9.17) is 4.74 Å². The molecule has 2 aromatic heterocycles.